The first-order valence-corrected chi connectivity index (χ1v) is 10.2. The molecule has 1 aromatic carbocycles. The third kappa shape index (κ3) is 4.39. The number of hydrogen-bond acceptors (Lipinski definition) is 6. The summed E-state index contributed by atoms with van der Waals surface area (Å²) in [5.41, 5.74) is 1.95. The first-order valence-electron chi connectivity index (χ1n) is 9.29. The fraction of sp³-hybridized carbons (Fsp3) is 0.227. The van der Waals surface area contributed by atoms with Crippen LogP contribution >= 0.6 is 11.3 Å². The zero-order valence-corrected chi connectivity index (χ0v) is 16.9. The van der Waals surface area contributed by atoms with Gasteiger partial charge >= 0.3 is 0 Å². The minimum absolute atomic E-state index is 0.00679. The Morgan fingerprint density at radius 3 is 2.62 bits per heavy atom. The molecule has 0 unspecified atom stereocenters. The highest BCUT2D eigenvalue weighted by molar-refractivity contribution is 7.13. The summed E-state index contributed by atoms with van der Waals surface area (Å²) < 4.78 is 5.41. The van der Waals surface area contributed by atoms with Crippen molar-refractivity contribution in [3.63, 3.8) is 0 Å². The van der Waals surface area contributed by atoms with E-state index in [1.807, 2.05) is 34.7 Å². The number of carbonyl (C=O) groups is 1. The van der Waals surface area contributed by atoms with E-state index in [4.69, 9.17) is 4.74 Å². The average molecular weight is 404 g/mol. The molecule has 3 aromatic rings. The van der Waals surface area contributed by atoms with E-state index in [9.17, 15) is 4.79 Å². The fourth-order valence-electron chi connectivity index (χ4n) is 3.16. The third-order valence-corrected chi connectivity index (χ3v) is 5.53. The topological polar surface area (TPSA) is 58.6 Å². The van der Waals surface area contributed by atoms with Crippen LogP contribution in [0.25, 0.3) is 0 Å². The number of hydrogen-bond donors (Lipinski definition) is 0. The Morgan fingerprint density at radius 2 is 1.93 bits per heavy atom. The van der Waals surface area contributed by atoms with E-state index in [0.29, 0.717) is 35.7 Å². The van der Waals surface area contributed by atoms with Crippen molar-refractivity contribution in [3.05, 3.63) is 71.0 Å². The van der Waals surface area contributed by atoms with Gasteiger partial charge in [0.05, 0.1) is 12.7 Å². The van der Waals surface area contributed by atoms with Crippen LogP contribution in [0.15, 0.2) is 54.2 Å². The van der Waals surface area contributed by atoms with Gasteiger partial charge in [-0.2, -0.15) is 0 Å². The number of methoxy groups -OCH3 is 1. The third-order valence-electron chi connectivity index (χ3n) is 4.69. The molecule has 2 aromatic heterocycles. The Balaban J connectivity index is 1.50. The standard InChI is InChI=1S/C22H20N4O2S/c1-28-20-8-6-18(16-17(20)5-7-19-4-2-3-9-23-19)21(27)25-11-13-26(14-12-25)22-24-10-15-29-22/h2-4,6,8-10,15-16H,11-14H2,1H3. The van der Waals surface area contributed by atoms with E-state index in [2.05, 4.69) is 26.7 Å². The number of rotatable bonds is 3. The van der Waals surface area contributed by atoms with E-state index >= 15 is 0 Å². The second-order valence-electron chi connectivity index (χ2n) is 6.47. The van der Waals surface area contributed by atoms with Crippen LogP contribution in [0, 0.1) is 11.8 Å². The molecular weight excluding hydrogens is 384 g/mol. The maximum Gasteiger partial charge on any atom is 0.254 e. The van der Waals surface area contributed by atoms with E-state index in [-0.39, 0.29) is 5.91 Å². The molecule has 1 amide bonds. The highest BCUT2D eigenvalue weighted by Crippen LogP contribution is 2.22. The summed E-state index contributed by atoms with van der Waals surface area (Å²) in [6, 6.07) is 11.0. The Labute approximate surface area is 173 Å². The van der Waals surface area contributed by atoms with Gasteiger partial charge in [0, 0.05) is 49.5 Å². The van der Waals surface area contributed by atoms with Crippen LogP contribution in [-0.2, 0) is 0 Å². The van der Waals surface area contributed by atoms with Gasteiger partial charge < -0.3 is 14.5 Å². The minimum atomic E-state index is 0.00679. The van der Waals surface area contributed by atoms with Gasteiger partial charge in [0.1, 0.15) is 11.4 Å². The quantitative estimate of drug-likeness (QED) is 0.629. The molecule has 29 heavy (non-hydrogen) atoms. The van der Waals surface area contributed by atoms with Crippen LogP contribution in [0.1, 0.15) is 21.6 Å². The lowest BCUT2D eigenvalue weighted by molar-refractivity contribution is 0.0746. The van der Waals surface area contributed by atoms with Crippen molar-refractivity contribution in [1.29, 1.82) is 0 Å². The van der Waals surface area contributed by atoms with Crippen molar-refractivity contribution >= 4 is 22.4 Å². The van der Waals surface area contributed by atoms with Gasteiger partial charge in [0.25, 0.3) is 5.91 Å². The van der Waals surface area contributed by atoms with Crippen molar-refractivity contribution < 1.29 is 9.53 Å². The number of amides is 1. The Morgan fingerprint density at radius 1 is 1.07 bits per heavy atom. The van der Waals surface area contributed by atoms with Crippen LogP contribution in [-0.4, -0.2) is 54.1 Å². The monoisotopic (exact) mass is 404 g/mol. The summed E-state index contributed by atoms with van der Waals surface area (Å²) in [6.07, 6.45) is 3.51. The molecule has 0 N–H and O–H groups in total. The van der Waals surface area contributed by atoms with Crippen molar-refractivity contribution in [2.24, 2.45) is 0 Å². The summed E-state index contributed by atoms with van der Waals surface area (Å²) in [4.78, 5) is 25.7. The van der Waals surface area contributed by atoms with Gasteiger partial charge in [-0.3, -0.25) is 4.79 Å². The fourth-order valence-corrected chi connectivity index (χ4v) is 3.86. The number of carbonyl (C=O) groups excluding carboxylic acids is 1. The molecule has 0 saturated carbocycles. The molecule has 4 rings (SSSR count). The summed E-state index contributed by atoms with van der Waals surface area (Å²) in [7, 11) is 1.60. The first-order chi connectivity index (χ1) is 14.2. The Hall–Kier alpha value is -3.37. The normalized spacial score (nSPS) is 13.6. The molecule has 0 radical (unpaired) electrons. The predicted molar refractivity (Wildman–Crippen MR) is 113 cm³/mol. The molecule has 1 fully saturated rings. The molecule has 0 aliphatic carbocycles. The van der Waals surface area contributed by atoms with Crippen molar-refractivity contribution in [1.82, 2.24) is 14.9 Å². The molecule has 1 saturated heterocycles. The van der Waals surface area contributed by atoms with Crippen LogP contribution < -0.4 is 9.64 Å². The van der Waals surface area contributed by atoms with Crippen LogP contribution in [0.4, 0.5) is 5.13 Å². The van der Waals surface area contributed by atoms with Crippen molar-refractivity contribution in [3.8, 4) is 17.6 Å². The number of benzene rings is 1. The molecule has 146 valence electrons. The van der Waals surface area contributed by atoms with E-state index in [1.165, 1.54) is 0 Å². The Bertz CT molecular complexity index is 1030. The van der Waals surface area contributed by atoms with Crippen LogP contribution in [0.3, 0.4) is 0 Å². The second kappa shape index (κ2) is 8.76. The van der Waals surface area contributed by atoms with Crippen molar-refractivity contribution in [2.45, 2.75) is 0 Å². The SMILES string of the molecule is COc1ccc(C(=O)N2CCN(c3nccs3)CC2)cc1C#Cc1ccccn1. The van der Waals surface area contributed by atoms with Gasteiger partial charge in [-0.1, -0.05) is 12.0 Å². The van der Waals surface area contributed by atoms with E-state index < -0.39 is 0 Å². The lowest BCUT2D eigenvalue weighted by Gasteiger charge is -2.34. The lowest BCUT2D eigenvalue weighted by Crippen LogP contribution is -2.48. The zero-order chi connectivity index (χ0) is 20.1. The summed E-state index contributed by atoms with van der Waals surface area (Å²) >= 11 is 1.62. The first kappa shape index (κ1) is 19.0. The van der Waals surface area contributed by atoms with E-state index in [0.717, 1.165) is 18.2 Å². The highest BCUT2D eigenvalue weighted by Gasteiger charge is 2.23. The second-order valence-corrected chi connectivity index (χ2v) is 7.35. The molecule has 0 bridgehead atoms. The molecule has 1 aliphatic rings. The number of ether oxygens (including phenoxy) is 1. The number of piperazine rings is 1. The number of anilines is 1. The molecule has 3 heterocycles. The smallest absolute Gasteiger partial charge is 0.254 e. The minimum Gasteiger partial charge on any atom is -0.495 e. The number of nitrogens with zero attached hydrogens (tertiary/aromatic N) is 4. The predicted octanol–water partition coefficient (Wildman–Crippen LogP) is 2.91. The van der Waals surface area contributed by atoms with Crippen LogP contribution in [0.5, 0.6) is 5.75 Å². The van der Waals surface area contributed by atoms with Gasteiger partial charge in [-0.25, -0.2) is 9.97 Å². The summed E-state index contributed by atoms with van der Waals surface area (Å²) in [6.45, 7) is 2.89. The maximum absolute atomic E-state index is 13.0. The highest BCUT2D eigenvalue weighted by atomic mass is 32.1. The summed E-state index contributed by atoms with van der Waals surface area (Å²) in [5.74, 6) is 6.75. The Kier molecular flexibility index (Phi) is 5.73. The molecule has 7 heteroatoms. The molecule has 0 atom stereocenters. The van der Waals surface area contributed by atoms with Crippen LogP contribution in [0.2, 0.25) is 0 Å². The van der Waals surface area contributed by atoms with Gasteiger partial charge in [-0.15, -0.1) is 11.3 Å². The number of pyridine rings is 1. The zero-order valence-electron chi connectivity index (χ0n) is 16.0. The average Bonchev–Trinajstić information content (AvgIpc) is 3.33. The number of thiazole rings is 1. The van der Waals surface area contributed by atoms with Gasteiger partial charge in [0.15, 0.2) is 5.13 Å². The van der Waals surface area contributed by atoms with E-state index in [1.54, 1.807) is 42.8 Å². The lowest BCUT2D eigenvalue weighted by atomic mass is 10.1. The molecule has 0 spiro atoms. The summed E-state index contributed by atoms with van der Waals surface area (Å²) in [5, 5.41) is 2.98. The van der Waals surface area contributed by atoms with Gasteiger partial charge in [0.2, 0.25) is 0 Å². The largest absolute Gasteiger partial charge is 0.495 e. The van der Waals surface area contributed by atoms with Gasteiger partial charge in [-0.05, 0) is 36.3 Å². The molecule has 6 nitrogen and oxygen atoms in total. The molecular formula is C22H20N4O2S. The maximum atomic E-state index is 13.0. The number of aromatic nitrogens is 2. The van der Waals surface area contributed by atoms with Crippen molar-refractivity contribution in [2.75, 3.05) is 38.2 Å². The molecule has 1 aliphatic heterocycles.